The van der Waals surface area contributed by atoms with Gasteiger partial charge in [0.2, 0.25) is 10.0 Å². The van der Waals surface area contributed by atoms with E-state index in [0.717, 1.165) is 12.8 Å². The molecule has 2 rings (SSSR count). The summed E-state index contributed by atoms with van der Waals surface area (Å²) in [4.78, 5) is 0. The zero-order valence-electron chi connectivity index (χ0n) is 12.1. The van der Waals surface area contributed by atoms with Crippen molar-refractivity contribution in [1.29, 1.82) is 0 Å². The van der Waals surface area contributed by atoms with Crippen LogP contribution in [0, 0.1) is 11.8 Å². The highest BCUT2D eigenvalue weighted by molar-refractivity contribution is 7.93. The summed E-state index contributed by atoms with van der Waals surface area (Å²) in [5.74, 6) is 6.11. The molecule has 0 heterocycles. The molecule has 114 valence electrons. The van der Waals surface area contributed by atoms with Gasteiger partial charge in [-0.05, 0) is 31.0 Å². The van der Waals surface area contributed by atoms with Crippen LogP contribution in [0.3, 0.4) is 0 Å². The average molecular weight is 308 g/mol. The Morgan fingerprint density at radius 3 is 2.71 bits per heavy atom. The molecule has 21 heavy (non-hydrogen) atoms. The maximum atomic E-state index is 12.4. The van der Waals surface area contributed by atoms with Crippen LogP contribution in [0.5, 0.6) is 5.75 Å². The van der Waals surface area contributed by atoms with Crippen LogP contribution in [0.1, 0.15) is 31.2 Å². The Hall–Kier alpha value is -1.71. The Morgan fingerprint density at radius 1 is 1.38 bits per heavy atom. The molecule has 0 amide bonds. The fraction of sp³-hybridized carbons (Fsp3) is 0.467. The number of methoxy groups -OCH3 is 1. The highest BCUT2D eigenvalue weighted by Gasteiger charge is 2.29. The third-order valence-corrected chi connectivity index (χ3v) is 5.38. The second-order valence-electron chi connectivity index (χ2n) is 4.97. The number of anilines is 1. The van der Waals surface area contributed by atoms with Gasteiger partial charge in [0.05, 0.1) is 24.6 Å². The Morgan fingerprint density at radius 2 is 2.10 bits per heavy atom. The van der Waals surface area contributed by atoms with Crippen LogP contribution >= 0.6 is 0 Å². The number of nitrogens with one attached hydrogen (secondary N) is 1. The number of hydrogen-bond acceptors (Lipinski definition) is 4. The molecule has 0 radical (unpaired) electrons. The van der Waals surface area contributed by atoms with Crippen LogP contribution in [0.4, 0.5) is 5.69 Å². The van der Waals surface area contributed by atoms with Crippen LogP contribution < -0.4 is 15.2 Å². The average Bonchev–Trinajstić information content (AvgIpc) is 3.00. The topological polar surface area (TPSA) is 81.4 Å². The number of hydrogen-bond donors (Lipinski definition) is 2. The van der Waals surface area contributed by atoms with Crippen molar-refractivity contribution in [2.75, 3.05) is 18.4 Å². The third-order valence-electron chi connectivity index (χ3n) is 3.53. The van der Waals surface area contributed by atoms with Crippen molar-refractivity contribution >= 4 is 15.7 Å². The minimum atomic E-state index is -3.39. The molecule has 0 unspecified atom stereocenters. The van der Waals surface area contributed by atoms with Gasteiger partial charge in [-0.2, -0.15) is 0 Å². The summed E-state index contributed by atoms with van der Waals surface area (Å²) in [5, 5.41) is -0.319. The molecule has 1 fully saturated rings. The summed E-state index contributed by atoms with van der Waals surface area (Å²) in [5.41, 5.74) is 6.47. The van der Waals surface area contributed by atoms with E-state index in [0.29, 0.717) is 29.8 Å². The van der Waals surface area contributed by atoms with Crippen molar-refractivity contribution in [2.45, 2.75) is 30.9 Å². The SMILES string of the molecule is COc1ccc(C#CCN)cc1NS(=O)(=O)C1CCCC1. The van der Waals surface area contributed by atoms with Gasteiger partial charge in [-0.15, -0.1) is 0 Å². The van der Waals surface area contributed by atoms with Gasteiger partial charge >= 0.3 is 0 Å². The highest BCUT2D eigenvalue weighted by Crippen LogP contribution is 2.30. The molecule has 0 aromatic heterocycles. The lowest BCUT2D eigenvalue weighted by atomic mass is 10.2. The zero-order chi connectivity index (χ0) is 15.3. The molecule has 0 bridgehead atoms. The van der Waals surface area contributed by atoms with Gasteiger partial charge in [-0.1, -0.05) is 24.7 Å². The Kier molecular flexibility index (Phi) is 5.10. The van der Waals surface area contributed by atoms with E-state index in [1.807, 2.05) is 0 Å². The second-order valence-corrected chi connectivity index (χ2v) is 6.94. The molecule has 0 spiro atoms. The monoisotopic (exact) mass is 308 g/mol. The molecule has 1 aliphatic carbocycles. The van der Waals surface area contributed by atoms with Crippen LogP contribution in [-0.4, -0.2) is 27.3 Å². The van der Waals surface area contributed by atoms with Crippen molar-refractivity contribution in [1.82, 2.24) is 0 Å². The molecule has 1 saturated carbocycles. The summed E-state index contributed by atoms with van der Waals surface area (Å²) < 4.78 is 32.6. The molecule has 3 N–H and O–H groups in total. The molecular weight excluding hydrogens is 288 g/mol. The fourth-order valence-corrected chi connectivity index (χ4v) is 4.04. The molecule has 1 aromatic carbocycles. The molecule has 0 aliphatic heterocycles. The van der Waals surface area contributed by atoms with Gasteiger partial charge in [0.15, 0.2) is 0 Å². The number of nitrogens with two attached hydrogens (primary N) is 1. The Bertz CT molecular complexity index is 653. The van der Waals surface area contributed by atoms with Gasteiger partial charge in [0.1, 0.15) is 5.75 Å². The number of ether oxygens (including phenoxy) is 1. The normalized spacial score (nSPS) is 15.3. The van der Waals surface area contributed by atoms with E-state index in [1.54, 1.807) is 18.2 Å². The smallest absolute Gasteiger partial charge is 0.235 e. The van der Waals surface area contributed by atoms with Crippen molar-refractivity contribution in [2.24, 2.45) is 5.73 Å². The maximum absolute atomic E-state index is 12.4. The molecule has 1 aliphatic rings. The van der Waals surface area contributed by atoms with Gasteiger partial charge in [0.25, 0.3) is 0 Å². The van der Waals surface area contributed by atoms with Crippen LogP contribution in [0.2, 0.25) is 0 Å². The van der Waals surface area contributed by atoms with Crippen LogP contribution in [0.15, 0.2) is 18.2 Å². The summed E-state index contributed by atoms with van der Waals surface area (Å²) in [6.45, 7) is 0.259. The second kappa shape index (κ2) is 6.83. The summed E-state index contributed by atoms with van der Waals surface area (Å²) in [6, 6.07) is 5.15. The van der Waals surface area contributed by atoms with E-state index in [4.69, 9.17) is 10.5 Å². The van der Waals surface area contributed by atoms with E-state index in [9.17, 15) is 8.42 Å². The number of sulfonamides is 1. The van der Waals surface area contributed by atoms with Crippen molar-refractivity contribution in [3.63, 3.8) is 0 Å². The van der Waals surface area contributed by atoms with Crippen LogP contribution in [0.25, 0.3) is 0 Å². The number of benzene rings is 1. The maximum Gasteiger partial charge on any atom is 0.235 e. The van der Waals surface area contributed by atoms with E-state index < -0.39 is 10.0 Å². The predicted octanol–water partition coefficient (Wildman–Crippen LogP) is 1.69. The molecule has 1 aromatic rings. The predicted molar refractivity (Wildman–Crippen MR) is 83.7 cm³/mol. The largest absolute Gasteiger partial charge is 0.495 e. The summed E-state index contributed by atoms with van der Waals surface area (Å²) in [6.07, 6.45) is 3.35. The molecule has 0 atom stereocenters. The quantitative estimate of drug-likeness (QED) is 0.829. The summed E-state index contributed by atoms with van der Waals surface area (Å²) in [7, 11) is -1.88. The lowest BCUT2D eigenvalue weighted by Crippen LogP contribution is -2.25. The van der Waals surface area contributed by atoms with E-state index in [1.165, 1.54) is 7.11 Å². The van der Waals surface area contributed by atoms with Gasteiger partial charge in [0, 0.05) is 5.56 Å². The molecular formula is C15H20N2O3S. The lowest BCUT2D eigenvalue weighted by molar-refractivity contribution is 0.417. The van der Waals surface area contributed by atoms with Gasteiger partial charge in [-0.25, -0.2) is 8.42 Å². The third kappa shape index (κ3) is 3.90. The first kappa shape index (κ1) is 15.7. The fourth-order valence-electron chi connectivity index (χ4n) is 2.45. The summed E-state index contributed by atoms with van der Waals surface area (Å²) >= 11 is 0. The van der Waals surface area contributed by atoms with Crippen molar-refractivity contribution in [3.05, 3.63) is 23.8 Å². The molecule has 6 heteroatoms. The van der Waals surface area contributed by atoms with Crippen LogP contribution in [-0.2, 0) is 10.0 Å². The first-order valence-corrected chi connectivity index (χ1v) is 8.50. The Labute approximate surface area is 125 Å². The van der Waals surface area contributed by atoms with E-state index >= 15 is 0 Å². The minimum absolute atomic E-state index is 0.259. The first-order valence-electron chi connectivity index (χ1n) is 6.95. The molecule has 0 saturated heterocycles. The standard InChI is InChI=1S/C15H20N2O3S/c1-20-15-9-8-12(5-4-10-16)11-14(15)17-21(18,19)13-6-2-3-7-13/h8-9,11,13,17H,2-3,6-7,10,16H2,1H3. The van der Waals surface area contributed by atoms with E-state index in [2.05, 4.69) is 16.6 Å². The highest BCUT2D eigenvalue weighted by atomic mass is 32.2. The van der Waals surface area contributed by atoms with Gasteiger partial charge in [-0.3, -0.25) is 4.72 Å². The van der Waals surface area contributed by atoms with Crippen molar-refractivity contribution in [3.8, 4) is 17.6 Å². The van der Waals surface area contributed by atoms with E-state index in [-0.39, 0.29) is 11.8 Å². The minimum Gasteiger partial charge on any atom is -0.495 e. The Balaban J connectivity index is 2.28. The first-order chi connectivity index (χ1) is 10.1. The van der Waals surface area contributed by atoms with Gasteiger partial charge < -0.3 is 10.5 Å². The number of rotatable bonds is 4. The zero-order valence-corrected chi connectivity index (χ0v) is 12.9. The van der Waals surface area contributed by atoms with Crippen molar-refractivity contribution < 1.29 is 13.2 Å². The lowest BCUT2D eigenvalue weighted by Gasteiger charge is -2.16. The molecule has 5 nitrogen and oxygen atoms in total.